The Balaban J connectivity index is 1.72. The SMILES string of the molecule is COc1cccc(CNC(=O)c2cn3cc(C)ccc3n2)c1. The summed E-state index contributed by atoms with van der Waals surface area (Å²) in [7, 11) is 1.62. The lowest BCUT2D eigenvalue weighted by Gasteiger charge is -2.05. The lowest BCUT2D eigenvalue weighted by atomic mass is 10.2. The van der Waals surface area contributed by atoms with Gasteiger partial charge < -0.3 is 14.5 Å². The number of carbonyl (C=O) groups excluding carboxylic acids is 1. The molecule has 1 amide bonds. The van der Waals surface area contributed by atoms with E-state index < -0.39 is 0 Å². The van der Waals surface area contributed by atoms with Crippen molar-refractivity contribution in [3.05, 3.63) is 65.6 Å². The van der Waals surface area contributed by atoms with Crippen LogP contribution < -0.4 is 10.1 Å². The predicted molar refractivity (Wildman–Crippen MR) is 84.1 cm³/mol. The fourth-order valence-electron chi connectivity index (χ4n) is 2.27. The second-order valence-electron chi connectivity index (χ2n) is 5.13. The van der Waals surface area contributed by atoms with Crippen LogP contribution in [0, 0.1) is 6.92 Å². The van der Waals surface area contributed by atoms with Crippen molar-refractivity contribution in [2.45, 2.75) is 13.5 Å². The first-order valence-corrected chi connectivity index (χ1v) is 7.02. The number of nitrogens with one attached hydrogen (secondary N) is 1. The van der Waals surface area contributed by atoms with Crippen LogP contribution in [0.15, 0.2) is 48.8 Å². The van der Waals surface area contributed by atoms with E-state index in [2.05, 4.69) is 10.3 Å². The first-order chi connectivity index (χ1) is 10.7. The molecule has 5 nitrogen and oxygen atoms in total. The van der Waals surface area contributed by atoms with Crippen LogP contribution in [0.1, 0.15) is 21.6 Å². The third kappa shape index (κ3) is 2.93. The molecule has 0 unspecified atom stereocenters. The Morgan fingerprint density at radius 2 is 2.14 bits per heavy atom. The van der Waals surface area contributed by atoms with E-state index in [0.29, 0.717) is 12.2 Å². The highest BCUT2D eigenvalue weighted by atomic mass is 16.5. The summed E-state index contributed by atoms with van der Waals surface area (Å²) >= 11 is 0. The monoisotopic (exact) mass is 295 g/mol. The van der Waals surface area contributed by atoms with Crippen molar-refractivity contribution < 1.29 is 9.53 Å². The molecule has 0 aliphatic heterocycles. The Bertz CT molecular complexity index is 824. The molecule has 2 heterocycles. The molecular formula is C17H17N3O2. The summed E-state index contributed by atoms with van der Waals surface area (Å²) in [6.07, 6.45) is 3.68. The number of nitrogens with zero attached hydrogens (tertiary/aromatic N) is 2. The van der Waals surface area contributed by atoms with Gasteiger partial charge in [0.1, 0.15) is 17.1 Å². The summed E-state index contributed by atoms with van der Waals surface area (Å²) in [5, 5.41) is 2.87. The normalized spacial score (nSPS) is 10.6. The number of ether oxygens (including phenoxy) is 1. The van der Waals surface area contributed by atoms with Gasteiger partial charge in [0.25, 0.3) is 5.91 Å². The summed E-state index contributed by atoms with van der Waals surface area (Å²) in [5.41, 5.74) is 3.27. The standard InChI is InChI=1S/C17H17N3O2/c1-12-6-7-16-19-15(11-20(16)10-12)17(21)18-9-13-4-3-5-14(8-13)22-2/h3-8,10-11H,9H2,1-2H3,(H,18,21). The fraction of sp³-hybridized carbons (Fsp3) is 0.176. The number of hydrogen-bond donors (Lipinski definition) is 1. The van der Waals surface area contributed by atoms with Crippen molar-refractivity contribution in [2.75, 3.05) is 7.11 Å². The molecule has 22 heavy (non-hydrogen) atoms. The molecule has 112 valence electrons. The molecule has 3 aromatic rings. The zero-order valence-corrected chi connectivity index (χ0v) is 12.5. The number of fused-ring (bicyclic) bond motifs is 1. The molecule has 1 N–H and O–H groups in total. The van der Waals surface area contributed by atoms with E-state index in [9.17, 15) is 4.79 Å². The zero-order valence-electron chi connectivity index (χ0n) is 12.5. The van der Waals surface area contributed by atoms with E-state index in [1.165, 1.54) is 0 Å². The number of amides is 1. The van der Waals surface area contributed by atoms with Crippen molar-refractivity contribution in [1.29, 1.82) is 0 Å². The molecule has 0 fully saturated rings. The molecule has 0 saturated heterocycles. The molecule has 0 aliphatic carbocycles. The third-order valence-corrected chi connectivity index (χ3v) is 3.42. The van der Waals surface area contributed by atoms with Gasteiger partial charge in [0.2, 0.25) is 0 Å². The molecule has 0 aliphatic rings. The second-order valence-corrected chi connectivity index (χ2v) is 5.13. The molecule has 5 heteroatoms. The number of benzene rings is 1. The average molecular weight is 295 g/mol. The molecule has 1 aromatic carbocycles. The van der Waals surface area contributed by atoms with Gasteiger partial charge in [-0.25, -0.2) is 4.98 Å². The van der Waals surface area contributed by atoms with Gasteiger partial charge in [0.15, 0.2) is 0 Å². The van der Waals surface area contributed by atoms with E-state index in [1.54, 1.807) is 13.3 Å². The van der Waals surface area contributed by atoms with E-state index in [1.807, 2.05) is 53.9 Å². The molecule has 0 bridgehead atoms. The van der Waals surface area contributed by atoms with Gasteiger partial charge in [-0.3, -0.25) is 4.79 Å². The molecule has 0 atom stereocenters. The van der Waals surface area contributed by atoms with Gasteiger partial charge in [-0.1, -0.05) is 18.2 Å². The molecule has 3 rings (SSSR count). The number of methoxy groups -OCH3 is 1. The Kier molecular flexibility index (Phi) is 3.78. The number of aryl methyl sites for hydroxylation is 1. The summed E-state index contributed by atoms with van der Waals surface area (Å²) in [5.74, 6) is 0.583. The summed E-state index contributed by atoms with van der Waals surface area (Å²) < 4.78 is 7.03. The van der Waals surface area contributed by atoms with Gasteiger partial charge in [-0.05, 0) is 36.2 Å². The van der Waals surface area contributed by atoms with Crippen LogP contribution in [-0.4, -0.2) is 22.4 Å². The van der Waals surface area contributed by atoms with Crippen molar-refractivity contribution >= 4 is 11.6 Å². The van der Waals surface area contributed by atoms with Gasteiger partial charge in [-0.15, -0.1) is 0 Å². The van der Waals surface area contributed by atoms with Crippen molar-refractivity contribution in [2.24, 2.45) is 0 Å². The maximum absolute atomic E-state index is 12.2. The second kappa shape index (κ2) is 5.89. The average Bonchev–Trinajstić information content (AvgIpc) is 2.96. The van der Waals surface area contributed by atoms with Crippen LogP contribution in [-0.2, 0) is 6.54 Å². The third-order valence-electron chi connectivity index (χ3n) is 3.42. The van der Waals surface area contributed by atoms with Crippen LogP contribution in [0.4, 0.5) is 0 Å². The minimum Gasteiger partial charge on any atom is -0.497 e. The van der Waals surface area contributed by atoms with Gasteiger partial charge in [-0.2, -0.15) is 0 Å². The molecule has 2 aromatic heterocycles. The van der Waals surface area contributed by atoms with Gasteiger partial charge in [0.05, 0.1) is 7.11 Å². The van der Waals surface area contributed by atoms with Gasteiger partial charge in [0, 0.05) is 18.9 Å². The topological polar surface area (TPSA) is 55.6 Å². The lowest BCUT2D eigenvalue weighted by Crippen LogP contribution is -2.23. The number of rotatable bonds is 4. The minimum absolute atomic E-state index is 0.191. The number of carbonyl (C=O) groups is 1. The van der Waals surface area contributed by atoms with Crippen molar-refractivity contribution in [1.82, 2.24) is 14.7 Å². The highest BCUT2D eigenvalue weighted by Crippen LogP contribution is 2.12. The Morgan fingerprint density at radius 3 is 2.95 bits per heavy atom. The molecule has 0 saturated carbocycles. The zero-order chi connectivity index (χ0) is 15.5. The largest absolute Gasteiger partial charge is 0.497 e. The van der Waals surface area contributed by atoms with Crippen LogP contribution in [0.3, 0.4) is 0 Å². The van der Waals surface area contributed by atoms with E-state index in [0.717, 1.165) is 22.5 Å². The van der Waals surface area contributed by atoms with E-state index in [4.69, 9.17) is 4.74 Å². The fourth-order valence-corrected chi connectivity index (χ4v) is 2.27. The maximum atomic E-state index is 12.2. The quantitative estimate of drug-likeness (QED) is 0.805. The molecular weight excluding hydrogens is 278 g/mol. The first-order valence-electron chi connectivity index (χ1n) is 7.02. The number of hydrogen-bond acceptors (Lipinski definition) is 3. The maximum Gasteiger partial charge on any atom is 0.271 e. The number of aromatic nitrogens is 2. The van der Waals surface area contributed by atoms with Crippen molar-refractivity contribution in [3.8, 4) is 5.75 Å². The Morgan fingerprint density at radius 1 is 1.27 bits per heavy atom. The summed E-state index contributed by atoms with van der Waals surface area (Å²) in [6, 6.07) is 11.5. The van der Waals surface area contributed by atoms with Crippen LogP contribution in [0.25, 0.3) is 5.65 Å². The number of imidazole rings is 1. The Hall–Kier alpha value is -2.82. The molecule has 0 spiro atoms. The van der Waals surface area contributed by atoms with E-state index >= 15 is 0 Å². The smallest absolute Gasteiger partial charge is 0.271 e. The van der Waals surface area contributed by atoms with Crippen molar-refractivity contribution in [3.63, 3.8) is 0 Å². The summed E-state index contributed by atoms with van der Waals surface area (Å²) in [6.45, 7) is 2.44. The highest BCUT2D eigenvalue weighted by molar-refractivity contribution is 5.92. The minimum atomic E-state index is -0.191. The van der Waals surface area contributed by atoms with Crippen LogP contribution in [0.5, 0.6) is 5.75 Å². The number of pyridine rings is 1. The van der Waals surface area contributed by atoms with Crippen LogP contribution >= 0.6 is 0 Å². The van der Waals surface area contributed by atoms with E-state index in [-0.39, 0.29) is 5.91 Å². The van der Waals surface area contributed by atoms with Crippen LogP contribution in [0.2, 0.25) is 0 Å². The first kappa shape index (κ1) is 14.1. The highest BCUT2D eigenvalue weighted by Gasteiger charge is 2.10. The summed E-state index contributed by atoms with van der Waals surface area (Å²) in [4.78, 5) is 16.5. The van der Waals surface area contributed by atoms with Gasteiger partial charge >= 0.3 is 0 Å². The molecule has 0 radical (unpaired) electrons. The predicted octanol–water partition coefficient (Wildman–Crippen LogP) is 2.58. The lowest BCUT2D eigenvalue weighted by molar-refractivity contribution is 0.0946. The Labute approximate surface area is 128 Å².